The van der Waals surface area contributed by atoms with Crippen LogP contribution < -0.4 is 14.2 Å². The van der Waals surface area contributed by atoms with Gasteiger partial charge in [-0.1, -0.05) is 58.4 Å². The fourth-order valence-corrected chi connectivity index (χ4v) is 13.7. The summed E-state index contributed by atoms with van der Waals surface area (Å²) in [6.45, 7) is 17.1. The fraction of sp³-hybridized carbons (Fsp3) is 0.615. The molecular formula is C65H91BrO11. The van der Waals surface area contributed by atoms with Crippen LogP contribution in [0.2, 0.25) is 0 Å². The van der Waals surface area contributed by atoms with Gasteiger partial charge in [0, 0.05) is 23.6 Å². The van der Waals surface area contributed by atoms with Crippen LogP contribution in [-0.4, -0.2) is 76.5 Å². The van der Waals surface area contributed by atoms with Gasteiger partial charge in [-0.3, -0.25) is 19.2 Å². The molecule has 0 saturated heterocycles. The number of ketones is 1. The van der Waals surface area contributed by atoms with E-state index in [1.807, 2.05) is 26.0 Å². The molecular weight excluding hydrogens is 1040 g/mol. The highest BCUT2D eigenvalue weighted by molar-refractivity contribution is 9.09. The summed E-state index contributed by atoms with van der Waals surface area (Å²) in [6, 6.07) is 19.6. The molecule has 0 heterocycles. The third-order valence-corrected chi connectivity index (χ3v) is 18.4. The first-order valence-electron chi connectivity index (χ1n) is 28.6. The van der Waals surface area contributed by atoms with Crippen molar-refractivity contribution >= 4 is 45.9 Å². The van der Waals surface area contributed by atoms with E-state index < -0.39 is 0 Å². The third-order valence-electron chi connectivity index (χ3n) is 18.0. The van der Waals surface area contributed by atoms with Crippen molar-refractivity contribution in [2.45, 2.75) is 186 Å². The fourth-order valence-electron chi connectivity index (χ4n) is 13.0. The number of esters is 3. The maximum absolute atomic E-state index is 12.0. The Bertz CT molecular complexity index is 2390. The van der Waals surface area contributed by atoms with Gasteiger partial charge in [0.05, 0.1) is 58.9 Å². The van der Waals surface area contributed by atoms with Gasteiger partial charge in [0.1, 0.15) is 29.3 Å². The number of carbonyl (C=O) groups excluding carboxylic acids is 5. The van der Waals surface area contributed by atoms with Crippen LogP contribution in [-0.2, 0) is 54.4 Å². The average Bonchev–Trinajstić information content (AvgIpc) is 3.46. The Hall–Kier alpha value is -4.97. The number of ether oxygens (including phenoxy) is 6. The predicted molar refractivity (Wildman–Crippen MR) is 308 cm³/mol. The van der Waals surface area contributed by atoms with Crippen molar-refractivity contribution in [3.63, 3.8) is 0 Å². The van der Waals surface area contributed by atoms with E-state index in [-0.39, 0.29) is 57.7 Å². The standard InChI is InChI=1S/C20H28O3.C19H27BrO3.C17H22O2.C9H14O3/c1-5-11-20(17-7-8-18(22-4)15(3)14-17)12-9-16(10-13-20)19(21)23-6-2;1-4-23-18(21)15-7-9-19(10-8-15,11-12-20)16-5-6-17(22-3)14(2)13-16;1-13-11-14(3-4-15(13)19-2)17-8-5-16(12-18,6-9-17)7-10-17;1-2-12-9(11)7-3-5-8(10)6-4-7/h5,7-8,14,16H,1,6,9-13H2,2-4H3;5-6,13,15H,4,7-12H2,1-3H3;3-4,11-12H,5-10H2,1-2H3;7H,2-6H2,1H3. The van der Waals surface area contributed by atoms with E-state index in [1.165, 1.54) is 34.1 Å². The molecule has 0 aliphatic heterocycles. The van der Waals surface area contributed by atoms with Crippen LogP contribution >= 0.6 is 15.9 Å². The zero-order valence-electron chi connectivity index (χ0n) is 48.1. The Morgan fingerprint density at radius 2 is 0.922 bits per heavy atom. The molecule has 6 saturated carbocycles. The molecule has 6 aliphatic carbocycles. The minimum absolute atomic E-state index is 0.0171. The summed E-state index contributed by atoms with van der Waals surface area (Å²) < 4.78 is 31.4. The molecule has 3 aromatic carbocycles. The lowest BCUT2D eigenvalue weighted by atomic mass is 9.52. The van der Waals surface area contributed by atoms with E-state index in [2.05, 4.69) is 91.8 Å². The molecule has 2 bridgehead atoms. The summed E-state index contributed by atoms with van der Waals surface area (Å²) >= 11 is 3.62. The van der Waals surface area contributed by atoms with E-state index in [1.54, 1.807) is 28.3 Å². The first-order valence-corrected chi connectivity index (χ1v) is 29.7. The minimum Gasteiger partial charge on any atom is -0.496 e. The van der Waals surface area contributed by atoms with Crippen molar-refractivity contribution in [1.82, 2.24) is 0 Å². The molecule has 0 amide bonds. The van der Waals surface area contributed by atoms with Crippen LogP contribution in [0, 0.1) is 43.9 Å². The van der Waals surface area contributed by atoms with Crippen molar-refractivity contribution in [3.05, 3.63) is 101 Å². The number of benzene rings is 3. The summed E-state index contributed by atoms with van der Waals surface area (Å²) in [5, 5.41) is 0.974. The van der Waals surface area contributed by atoms with E-state index in [0.717, 1.165) is 131 Å². The molecule has 77 heavy (non-hydrogen) atoms. The average molecular weight is 1130 g/mol. The second kappa shape index (κ2) is 29.8. The highest BCUT2D eigenvalue weighted by Crippen LogP contribution is 2.57. The number of carbonyl (C=O) groups is 5. The molecule has 0 aromatic heterocycles. The van der Waals surface area contributed by atoms with E-state index >= 15 is 0 Å². The summed E-state index contributed by atoms with van der Waals surface area (Å²) in [6.07, 6.45) is 22.1. The van der Waals surface area contributed by atoms with E-state index in [4.69, 9.17) is 28.4 Å². The Labute approximate surface area is 469 Å². The maximum atomic E-state index is 12.0. The first-order chi connectivity index (χ1) is 37.0. The number of hydrogen-bond acceptors (Lipinski definition) is 11. The summed E-state index contributed by atoms with van der Waals surface area (Å²) in [4.78, 5) is 57.3. The molecule has 11 nitrogen and oxygen atoms in total. The number of aldehydes is 1. The number of allylic oxidation sites excluding steroid dienone is 1. The first kappa shape index (κ1) is 62.9. The number of aryl methyl sites for hydroxylation is 3. The molecule has 12 heteroatoms. The third kappa shape index (κ3) is 16.1. The summed E-state index contributed by atoms with van der Waals surface area (Å²) in [7, 11) is 5.13. The monoisotopic (exact) mass is 1130 g/mol. The lowest BCUT2D eigenvalue weighted by Crippen LogP contribution is -2.44. The number of alkyl halides is 1. The predicted octanol–water partition coefficient (Wildman–Crippen LogP) is 14.5. The normalized spacial score (nSPS) is 25.6. The Morgan fingerprint density at radius 1 is 0.558 bits per heavy atom. The van der Waals surface area contributed by atoms with Crippen LogP contribution in [0.3, 0.4) is 0 Å². The van der Waals surface area contributed by atoms with E-state index in [0.29, 0.717) is 50.9 Å². The van der Waals surface area contributed by atoms with Gasteiger partial charge in [0.2, 0.25) is 0 Å². The van der Waals surface area contributed by atoms with Gasteiger partial charge in [0.25, 0.3) is 0 Å². The molecule has 9 rings (SSSR count). The van der Waals surface area contributed by atoms with Gasteiger partial charge in [0.15, 0.2) is 0 Å². The largest absolute Gasteiger partial charge is 0.496 e. The van der Waals surface area contributed by atoms with E-state index in [9.17, 15) is 24.0 Å². The smallest absolute Gasteiger partial charge is 0.308 e. The number of hydrogen-bond donors (Lipinski definition) is 0. The molecule has 0 N–H and O–H groups in total. The van der Waals surface area contributed by atoms with Crippen molar-refractivity contribution in [1.29, 1.82) is 0 Å². The number of rotatable bonds is 17. The van der Waals surface area contributed by atoms with Crippen molar-refractivity contribution in [2.24, 2.45) is 23.2 Å². The van der Waals surface area contributed by atoms with Gasteiger partial charge in [-0.15, -0.1) is 6.58 Å². The second-order valence-corrected chi connectivity index (χ2v) is 23.2. The van der Waals surface area contributed by atoms with Gasteiger partial charge in [-0.25, -0.2) is 0 Å². The second-order valence-electron chi connectivity index (χ2n) is 22.4. The van der Waals surface area contributed by atoms with Crippen LogP contribution in [0.25, 0.3) is 0 Å². The van der Waals surface area contributed by atoms with Crippen LogP contribution in [0.1, 0.15) is 183 Å². The zero-order valence-corrected chi connectivity index (χ0v) is 49.7. The number of Topliss-reactive ketones (excluding diaryl/α,β-unsaturated/α-hetero) is 1. The summed E-state index contributed by atoms with van der Waals surface area (Å²) in [5.74, 6) is 2.99. The number of halogens is 1. The maximum Gasteiger partial charge on any atom is 0.308 e. The topological polar surface area (TPSA) is 141 Å². The zero-order chi connectivity index (χ0) is 56.2. The Kier molecular flexibility index (Phi) is 24.4. The molecule has 0 atom stereocenters. The molecule has 0 unspecified atom stereocenters. The Balaban J connectivity index is 0.000000194. The lowest BCUT2D eigenvalue weighted by molar-refractivity contribution is -0.150. The Morgan fingerprint density at radius 3 is 1.27 bits per heavy atom. The van der Waals surface area contributed by atoms with Gasteiger partial charge in [-0.2, -0.15) is 0 Å². The quantitative estimate of drug-likeness (QED) is 0.0419. The van der Waals surface area contributed by atoms with Gasteiger partial charge < -0.3 is 33.2 Å². The molecule has 6 fully saturated rings. The van der Waals surface area contributed by atoms with Crippen LogP contribution in [0.15, 0.2) is 67.3 Å². The molecule has 6 aliphatic rings. The lowest BCUT2D eigenvalue weighted by Gasteiger charge is -2.51. The molecule has 424 valence electrons. The van der Waals surface area contributed by atoms with Crippen LogP contribution in [0.5, 0.6) is 17.2 Å². The number of methoxy groups -OCH3 is 3. The minimum atomic E-state index is -0.134. The van der Waals surface area contributed by atoms with Gasteiger partial charge >= 0.3 is 17.9 Å². The van der Waals surface area contributed by atoms with Crippen molar-refractivity contribution in [3.8, 4) is 17.2 Å². The van der Waals surface area contributed by atoms with Crippen LogP contribution in [0.4, 0.5) is 0 Å². The molecule has 3 aromatic rings. The SMILES string of the molecule is C=CCC1(c2ccc(OC)c(C)c2)CCC(C(=O)OCC)CC1.CCOC(=O)C1CCC(=O)CC1.CCOC(=O)C1CCC(CCBr)(c2ccc(OC)c(C)c2)CC1.COc1ccc(C23CCC(C=O)(CC2)CC3)cc1C. The molecule has 0 radical (unpaired) electrons. The van der Waals surface area contributed by atoms with Crippen molar-refractivity contribution < 1.29 is 52.4 Å². The molecule has 0 spiro atoms. The highest BCUT2D eigenvalue weighted by Gasteiger charge is 2.49. The summed E-state index contributed by atoms with van der Waals surface area (Å²) in [5.41, 5.74) is 8.27. The number of fused-ring (bicyclic) bond motifs is 3. The highest BCUT2D eigenvalue weighted by atomic mass is 79.9. The van der Waals surface area contributed by atoms with Gasteiger partial charge in [-0.05, 0) is 225 Å². The van der Waals surface area contributed by atoms with Crippen molar-refractivity contribution in [2.75, 3.05) is 46.5 Å².